The lowest BCUT2D eigenvalue weighted by molar-refractivity contribution is 0.0772. The summed E-state index contributed by atoms with van der Waals surface area (Å²) in [5.41, 5.74) is 3.98. The number of amides is 1. The van der Waals surface area contributed by atoms with Crippen LogP contribution in [0.1, 0.15) is 21.5 Å². The van der Waals surface area contributed by atoms with Crippen LogP contribution in [0.15, 0.2) is 61.1 Å². The molecule has 1 aliphatic rings. The van der Waals surface area contributed by atoms with Gasteiger partial charge < -0.3 is 15.0 Å². The summed E-state index contributed by atoms with van der Waals surface area (Å²) >= 11 is 1.90. The zero-order chi connectivity index (χ0) is 20.8. The second-order valence-corrected chi connectivity index (χ2v) is 8.30. The van der Waals surface area contributed by atoms with E-state index in [4.69, 9.17) is 4.74 Å². The summed E-state index contributed by atoms with van der Waals surface area (Å²) in [6.07, 6.45) is 4.79. The predicted octanol–water partition coefficient (Wildman–Crippen LogP) is 4.38. The summed E-state index contributed by atoms with van der Waals surface area (Å²) in [5, 5.41) is 3.45. The Bertz CT molecular complexity index is 990. The lowest BCUT2D eigenvalue weighted by Crippen LogP contribution is -2.37. The summed E-state index contributed by atoms with van der Waals surface area (Å²) in [4.78, 5) is 22.7. The molecule has 1 amide bonds. The zero-order valence-electron chi connectivity index (χ0n) is 16.9. The van der Waals surface area contributed by atoms with Crippen molar-refractivity contribution in [2.75, 3.05) is 29.9 Å². The SMILES string of the molecule is Cc1cc(C(=O)N2CCSCC2)ccc1NCc1ccc(Oc2cnccn2)cc1. The summed E-state index contributed by atoms with van der Waals surface area (Å²) in [5.74, 6) is 3.36. The molecule has 7 heteroatoms. The lowest BCUT2D eigenvalue weighted by Gasteiger charge is -2.26. The number of thioether (sulfide) groups is 1. The number of hydrogen-bond acceptors (Lipinski definition) is 6. The molecule has 154 valence electrons. The first kappa shape index (κ1) is 20.2. The van der Waals surface area contributed by atoms with Crippen LogP contribution in [0.4, 0.5) is 5.69 Å². The third kappa shape index (κ3) is 5.10. The highest BCUT2D eigenvalue weighted by molar-refractivity contribution is 7.99. The molecule has 0 aliphatic carbocycles. The van der Waals surface area contributed by atoms with Crippen molar-refractivity contribution < 1.29 is 9.53 Å². The number of aromatic nitrogens is 2. The lowest BCUT2D eigenvalue weighted by atomic mass is 10.1. The van der Waals surface area contributed by atoms with Gasteiger partial charge in [-0.2, -0.15) is 11.8 Å². The van der Waals surface area contributed by atoms with Crippen molar-refractivity contribution in [3.63, 3.8) is 0 Å². The van der Waals surface area contributed by atoms with Crippen LogP contribution < -0.4 is 10.1 Å². The summed E-state index contributed by atoms with van der Waals surface area (Å²) in [6.45, 7) is 4.38. The van der Waals surface area contributed by atoms with Gasteiger partial charge in [0.25, 0.3) is 5.91 Å². The van der Waals surface area contributed by atoms with Crippen molar-refractivity contribution in [3.05, 3.63) is 77.7 Å². The fraction of sp³-hybridized carbons (Fsp3) is 0.261. The van der Waals surface area contributed by atoms with Gasteiger partial charge in [-0.05, 0) is 48.4 Å². The van der Waals surface area contributed by atoms with Gasteiger partial charge in [0.05, 0.1) is 6.20 Å². The van der Waals surface area contributed by atoms with E-state index in [1.807, 2.05) is 66.1 Å². The number of nitrogens with zero attached hydrogens (tertiary/aromatic N) is 3. The number of anilines is 1. The van der Waals surface area contributed by atoms with E-state index in [2.05, 4.69) is 15.3 Å². The molecule has 3 aromatic rings. The third-order valence-corrected chi connectivity index (χ3v) is 5.88. The maximum atomic E-state index is 12.7. The molecule has 1 N–H and O–H groups in total. The number of benzene rings is 2. The maximum Gasteiger partial charge on any atom is 0.253 e. The Labute approximate surface area is 180 Å². The van der Waals surface area contributed by atoms with Gasteiger partial charge in [-0.15, -0.1) is 0 Å². The molecule has 4 rings (SSSR count). The molecule has 2 aromatic carbocycles. The van der Waals surface area contributed by atoms with E-state index in [0.29, 0.717) is 12.4 Å². The largest absolute Gasteiger partial charge is 0.438 e. The van der Waals surface area contributed by atoms with Crippen LogP contribution >= 0.6 is 11.8 Å². The molecule has 1 saturated heterocycles. The molecular formula is C23H24N4O2S. The van der Waals surface area contributed by atoms with Crippen molar-refractivity contribution in [1.82, 2.24) is 14.9 Å². The summed E-state index contributed by atoms with van der Waals surface area (Å²) in [6, 6.07) is 13.7. The number of hydrogen-bond donors (Lipinski definition) is 1. The average molecular weight is 421 g/mol. The van der Waals surface area contributed by atoms with Crippen LogP contribution in [0.25, 0.3) is 0 Å². The highest BCUT2D eigenvalue weighted by Crippen LogP contribution is 2.22. The topological polar surface area (TPSA) is 67.4 Å². The molecule has 0 atom stereocenters. The summed E-state index contributed by atoms with van der Waals surface area (Å²) < 4.78 is 5.67. The van der Waals surface area contributed by atoms with E-state index in [-0.39, 0.29) is 5.91 Å². The second-order valence-electron chi connectivity index (χ2n) is 7.08. The van der Waals surface area contributed by atoms with E-state index in [1.165, 1.54) is 0 Å². The molecule has 6 nitrogen and oxygen atoms in total. The van der Waals surface area contributed by atoms with E-state index in [9.17, 15) is 4.79 Å². The number of aryl methyl sites for hydroxylation is 1. The van der Waals surface area contributed by atoms with Gasteiger partial charge in [0.2, 0.25) is 5.88 Å². The standard InChI is InChI=1S/C23H24N4O2S/c1-17-14-19(23(28)27-10-12-30-13-11-27)4-7-21(17)26-15-18-2-5-20(6-3-18)29-22-16-24-8-9-25-22/h2-9,14,16,26H,10-13,15H2,1H3. The van der Waals surface area contributed by atoms with Crippen LogP contribution in [0, 0.1) is 6.92 Å². The second kappa shape index (κ2) is 9.63. The minimum atomic E-state index is 0.128. The van der Waals surface area contributed by atoms with Crippen molar-refractivity contribution in [2.45, 2.75) is 13.5 Å². The molecule has 0 saturated carbocycles. The van der Waals surface area contributed by atoms with Gasteiger partial charge in [0.1, 0.15) is 5.75 Å². The predicted molar refractivity (Wildman–Crippen MR) is 120 cm³/mol. The maximum absolute atomic E-state index is 12.7. The average Bonchev–Trinajstić information content (AvgIpc) is 2.80. The van der Waals surface area contributed by atoms with E-state index >= 15 is 0 Å². The van der Waals surface area contributed by atoms with Crippen LogP contribution in [0.5, 0.6) is 11.6 Å². The van der Waals surface area contributed by atoms with Crippen LogP contribution in [0.3, 0.4) is 0 Å². The molecule has 0 spiro atoms. The van der Waals surface area contributed by atoms with Gasteiger partial charge in [0.15, 0.2) is 0 Å². The molecule has 0 bridgehead atoms. The van der Waals surface area contributed by atoms with E-state index in [0.717, 1.165) is 52.7 Å². The molecule has 0 radical (unpaired) electrons. The number of ether oxygens (including phenoxy) is 1. The van der Waals surface area contributed by atoms with Crippen LogP contribution in [-0.2, 0) is 6.54 Å². The Kier molecular flexibility index (Phi) is 6.49. The fourth-order valence-electron chi connectivity index (χ4n) is 3.28. The molecule has 1 aromatic heterocycles. The Hall–Kier alpha value is -3.06. The molecule has 0 unspecified atom stereocenters. The van der Waals surface area contributed by atoms with Gasteiger partial charge >= 0.3 is 0 Å². The number of carbonyl (C=O) groups is 1. The first-order valence-electron chi connectivity index (χ1n) is 9.93. The Morgan fingerprint density at radius 2 is 1.93 bits per heavy atom. The monoisotopic (exact) mass is 420 g/mol. The number of rotatable bonds is 6. The minimum absolute atomic E-state index is 0.128. The smallest absolute Gasteiger partial charge is 0.253 e. The normalized spacial score (nSPS) is 13.7. The van der Waals surface area contributed by atoms with Crippen LogP contribution in [0.2, 0.25) is 0 Å². The minimum Gasteiger partial charge on any atom is -0.438 e. The first-order valence-corrected chi connectivity index (χ1v) is 11.1. The van der Waals surface area contributed by atoms with Gasteiger partial charge in [-0.25, -0.2) is 4.98 Å². The molecule has 1 fully saturated rings. The van der Waals surface area contributed by atoms with Crippen LogP contribution in [-0.4, -0.2) is 45.4 Å². The highest BCUT2D eigenvalue weighted by Gasteiger charge is 2.18. The Morgan fingerprint density at radius 1 is 1.13 bits per heavy atom. The van der Waals surface area contributed by atoms with Gasteiger partial charge in [-0.1, -0.05) is 12.1 Å². The van der Waals surface area contributed by atoms with Crippen molar-refractivity contribution in [1.29, 1.82) is 0 Å². The van der Waals surface area contributed by atoms with Crippen molar-refractivity contribution in [2.24, 2.45) is 0 Å². The van der Waals surface area contributed by atoms with E-state index < -0.39 is 0 Å². The summed E-state index contributed by atoms with van der Waals surface area (Å²) in [7, 11) is 0. The highest BCUT2D eigenvalue weighted by atomic mass is 32.2. The quantitative estimate of drug-likeness (QED) is 0.638. The number of carbonyl (C=O) groups excluding carboxylic acids is 1. The Balaban J connectivity index is 1.34. The van der Waals surface area contributed by atoms with E-state index in [1.54, 1.807) is 18.6 Å². The molecule has 2 heterocycles. The third-order valence-electron chi connectivity index (χ3n) is 4.94. The Morgan fingerprint density at radius 3 is 2.63 bits per heavy atom. The zero-order valence-corrected chi connectivity index (χ0v) is 17.7. The molecular weight excluding hydrogens is 396 g/mol. The molecule has 30 heavy (non-hydrogen) atoms. The van der Waals surface area contributed by atoms with Gasteiger partial charge in [-0.3, -0.25) is 9.78 Å². The van der Waals surface area contributed by atoms with Crippen molar-refractivity contribution in [3.8, 4) is 11.6 Å². The van der Waals surface area contributed by atoms with Gasteiger partial charge in [0, 0.05) is 54.8 Å². The number of nitrogens with one attached hydrogen (secondary N) is 1. The van der Waals surface area contributed by atoms with Crippen molar-refractivity contribution >= 4 is 23.4 Å². The molecule has 1 aliphatic heterocycles. The fourth-order valence-corrected chi connectivity index (χ4v) is 4.18. The first-order chi connectivity index (χ1) is 14.7.